The van der Waals surface area contributed by atoms with Gasteiger partial charge in [-0.25, -0.2) is 17.5 Å². The van der Waals surface area contributed by atoms with Crippen molar-refractivity contribution in [3.8, 4) is 5.75 Å². The maximum Gasteiger partial charge on any atom is 0.244 e. The second-order valence-corrected chi connectivity index (χ2v) is 6.76. The van der Waals surface area contributed by atoms with Crippen LogP contribution in [0.1, 0.15) is 12.8 Å². The third-order valence-corrected chi connectivity index (χ3v) is 4.94. The molecule has 124 valence electrons. The summed E-state index contributed by atoms with van der Waals surface area (Å²) in [6.07, 6.45) is 1.41. The van der Waals surface area contributed by atoms with Crippen molar-refractivity contribution in [2.75, 3.05) is 33.4 Å². The zero-order valence-electron chi connectivity index (χ0n) is 12.5. The zero-order valence-corrected chi connectivity index (χ0v) is 13.3. The highest BCUT2D eigenvalue weighted by Crippen LogP contribution is 2.25. The van der Waals surface area contributed by atoms with E-state index < -0.39 is 15.8 Å². The van der Waals surface area contributed by atoms with Crippen LogP contribution >= 0.6 is 0 Å². The van der Waals surface area contributed by atoms with Crippen molar-refractivity contribution < 1.29 is 22.3 Å². The number of rotatable bonds is 7. The Kier molecular flexibility index (Phi) is 6.13. The van der Waals surface area contributed by atoms with Crippen molar-refractivity contribution in [3.05, 3.63) is 24.0 Å². The maximum absolute atomic E-state index is 13.5. The highest BCUT2D eigenvalue weighted by Gasteiger charge is 2.25. The van der Waals surface area contributed by atoms with Crippen LogP contribution in [0, 0.1) is 5.82 Å². The van der Waals surface area contributed by atoms with Gasteiger partial charge in [-0.1, -0.05) is 0 Å². The predicted octanol–water partition coefficient (Wildman–Crippen LogP) is 0.881. The van der Waals surface area contributed by atoms with Gasteiger partial charge in [-0.2, -0.15) is 0 Å². The van der Waals surface area contributed by atoms with Crippen molar-refractivity contribution in [3.63, 3.8) is 0 Å². The fourth-order valence-electron chi connectivity index (χ4n) is 2.27. The largest absolute Gasteiger partial charge is 0.490 e. The number of nitrogens with one attached hydrogen (secondary N) is 2. The summed E-state index contributed by atoms with van der Waals surface area (Å²) >= 11 is 0. The zero-order chi connectivity index (χ0) is 16.0. The number of hydrogen-bond donors (Lipinski definition) is 2. The number of methoxy groups -OCH3 is 1. The molecule has 0 spiro atoms. The Morgan fingerprint density at radius 3 is 2.73 bits per heavy atom. The Morgan fingerprint density at radius 1 is 1.32 bits per heavy atom. The summed E-state index contributed by atoms with van der Waals surface area (Å²) in [7, 11) is -2.32. The van der Waals surface area contributed by atoms with Gasteiger partial charge in [0, 0.05) is 13.2 Å². The number of halogens is 1. The number of ether oxygens (including phenoxy) is 2. The fourth-order valence-corrected chi connectivity index (χ4v) is 3.73. The van der Waals surface area contributed by atoms with E-state index >= 15 is 0 Å². The van der Waals surface area contributed by atoms with Gasteiger partial charge in [0.1, 0.15) is 23.1 Å². The molecule has 1 aromatic carbocycles. The summed E-state index contributed by atoms with van der Waals surface area (Å²) in [5, 5.41) is 3.16. The van der Waals surface area contributed by atoms with Gasteiger partial charge in [0.05, 0.1) is 6.61 Å². The van der Waals surface area contributed by atoms with E-state index in [4.69, 9.17) is 9.47 Å². The molecule has 0 aliphatic carbocycles. The minimum absolute atomic E-state index is 0.125. The lowest BCUT2D eigenvalue weighted by molar-refractivity contribution is 0.144. The van der Waals surface area contributed by atoms with E-state index in [1.54, 1.807) is 0 Å². The van der Waals surface area contributed by atoms with Crippen molar-refractivity contribution >= 4 is 10.0 Å². The first-order chi connectivity index (χ1) is 10.5. The number of sulfonamides is 1. The molecule has 0 atom stereocenters. The Bertz CT molecular complexity index is 589. The van der Waals surface area contributed by atoms with Crippen molar-refractivity contribution in [2.24, 2.45) is 0 Å². The number of hydrogen-bond acceptors (Lipinski definition) is 5. The van der Waals surface area contributed by atoms with Crippen LogP contribution in [0.15, 0.2) is 23.1 Å². The molecule has 1 saturated heterocycles. The topological polar surface area (TPSA) is 76.7 Å². The molecule has 0 aromatic heterocycles. The number of piperidine rings is 1. The summed E-state index contributed by atoms with van der Waals surface area (Å²) in [4.78, 5) is -0.179. The molecule has 1 fully saturated rings. The summed E-state index contributed by atoms with van der Waals surface area (Å²) in [6.45, 7) is 2.03. The molecule has 0 bridgehead atoms. The Labute approximate surface area is 130 Å². The van der Waals surface area contributed by atoms with Crippen LogP contribution in [0.25, 0.3) is 0 Å². The van der Waals surface area contributed by atoms with Crippen LogP contribution in [-0.4, -0.2) is 47.9 Å². The third-order valence-electron chi connectivity index (χ3n) is 3.40. The van der Waals surface area contributed by atoms with Crippen LogP contribution < -0.4 is 14.8 Å². The van der Waals surface area contributed by atoms with Gasteiger partial charge in [-0.15, -0.1) is 0 Å². The molecule has 0 radical (unpaired) electrons. The molecule has 1 aliphatic heterocycles. The number of benzene rings is 1. The molecule has 22 heavy (non-hydrogen) atoms. The van der Waals surface area contributed by atoms with Gasteiger partial charge in [-0.05, 0) is 44.1 Å². The average Bonchev–Trinajstić information content (AvgIpc) is 2.49. The molecule has 0 unspecified atom stereocenters. The molecule has 0 saturated carbocycles. The van der Waals surface area contributed by atoms with Crippen molar-refractivity contribution in [2.45, 2.75) is 23.8 Å². The smallest absolute Gasteiger partial charge is 0.244 e. The Morgan fingerprint density at radius 2 is 2.05 bits per heavy atom. The van der Waals surface area contributed by atoms with Crippen LogP contribution in [0.5, 0.6) is 5.75 Å². The van der Waals surface area contributed by atoms with E-state index in [1.165, 1.54) is 19.2 Å². The lowest BCUT2D eigenvalue weighted by Crippen LogP contribution is -2.42. The van der Waals surface area contributed by atoms with Gasteiger partial charge in [0.2, 0.25) is 10.0 Å². The molecule has 2 rings (SSSR count). The lowest BCUT2D eigenvalue weighted by Gasteiger charge is -2.24. The second kappa shape index (κ2) is 7.87. The first-order valence-electron chi connectivity index (χ1n) is 7.17. The van der Waals surface area contributed by atoms with Gasteiger partial charge in [-0.3, -0.25) is 0 Å². The molecule has 2 N–H and O–H groups in total. The van der Waals surface area contributed by atoms with E-state index in [1.807, 2.05) is 0 Å². The van der Waals surface area contributed by atoms with Crippen molar-refractivity contribution in [1.29, 1.82) is 0 Å². The average molecular weight is 332 g/mol. The minimum atomic E-state index is -3.83. The maximum atomic E-state index is 13.5. The molecule has 1 heterocycles. The standard InChI is InChI=1S/C14H21FN2O4S/c1-20-8-9-21-13-3-2-11(15)10-14(13)22(18,19)17-12-4-6-16-7-5-12/h2-3,10,12,16-17H,4-9H2,1H3. The van der Waals surface area contributed by atoms with Gasteiger partial charge in [0.15, 0.2) is 0 Å². The molecule has 1 aromatic rings. The first-order valence-corrected chi connectivity index (χ1v) is 8.65. The SMILES string of the molecule is COCCOc1ccc(F)cc1S(=O)(=O)NC1CCNCC1. The predicted molar refractivity (Wildman–Crippen MR) is 80.0 cm³/mol. The van der Waals surface area contributed by atoms with Gasteiger partial charge < -0.3 is 14.8 Å². The monoisotopic (exact) mass is 332 g/mol. The van der Waals surface area contributed by atoms with E-state index in [-0.39, 0.29) is 23.3 Å². The Hall–Kier alpha value is -1.22. The fraction of sp³-hybridized carbons (Fsp3) is 0.571. The van der Waals surface area contributed by atoms with Crippen LogP contribution in [0.3, 0.4) is 0 Å². The lowest BCUT2D eigenvalue weighted by atomic mass is 10.1. The van der Waals surface area contributed by atoms with Crippen LogP contribution in [0.2, 0.25) is 0 Å². The first kappa shape index (κ1) is 17.1. The van der Waals surface area contributed by atoms with Gasteiger partial charge >= 0.3 is 0 Å². The van der Waals surface area contributed by atoms with E-state index in [0.29, 0.717) is 19.4 Å². The highest BCUT2D eigenvalue weighted by molar-refractivity contribution is 7.89. The van der Waals surface area contributed by atoms with Crippen molar-refractivity contribution in [1.82, 2.24) is 10.0 Å². The Balaban J connectivity index is 2.18. The highest BCUT2D eigenvalue weighted by atomic mass is 32.2. The summed E-state index contributed by atoms with van der Waals surface area (Å²) in [5.41, 5.74) is 0. The summed E-state index contributed by atoms with van der Waals surface area (Å²) in [6, 6.07) is 3.32. The minimum Gasteiger partial charge on any atom is -0.490 e. The third kappa shape index (κ3) is 4.64. The van der Waals surface area contributed by atoms with E-state index in [0.717, 1.165) is 19.2 Å². The molecule has 6 nitrogen and oxygen atoms in total. The van der Waals surface area contributed by atoms with Crippen LogP contribution in [0.4, 0.5) is 4.39 Å². The molecule has 8 heteroatoms. The van der Waals surface area contributed by atoms with Gasteiger partial charge in [0.25, 0.3) is 0 Å². The normalized spacial score (nSPS) is 16.6. The summed E-state index contributed by atoms with van der Waals surface area (Å²) in [5.74, 6) is -0.496. The second-order valence-electron chi connectivity index (χ2n) is 5.08. The molecule has 0 amide bonds. The van der Waals surface area contributed by atoms with E-state index in [2.05, 4.69) is 10.0 Å². The molecular formula is C14H21FN2O4S. The van der Waals surface area contributed by atoms with E-state index in [9.17, 15) is 12.8 Å². The van der Waals surface area contributed by atoms with Crippen LogP contribution in [-0.2, 0) is 14.8 Å². The molecule has 1 aliphatic rings. The summed E-state index contributed by atoms with van der Waals surface area (Å²) < 4.78 is 51.3. The quantitative estimate of drug-likeness (QED) is 0.725. The molecular weight excluding hydrogens is 311 g/mol.